The number of nitrogens with zero attached hydrogens (tertiary/aromatic N) is 3. The molecule has 3 atom stereocenters. The topological polar surface area (TPSA) is 90.0 Å². The highest BCUT2D eigenvalue weighted by atomic mass is 19.1. The molecule has 8 nitrogen and oxygen atoms in total. The number of hydrogen-bond acceptors (Lipinski definition) is 6. The molecule has 3 aromatic carbocycles. The minimum atomic E-state index is -1.08. The van der Waals surface area contributed by atoms with Crippen molar-refractivity contribution in [3.8, 4) is 0 Å². The van der Waals surface area contributed by atoms with Crippen LogP contribution in [0.1, 0.15) is 63.6 Å². The second kappa shape index (κ2) is 9.92. The number of benzene rings is 3. The van der Waals surface area contributed by atoms with Crippen LogP contribution in [0.3, 0.4) is 0 Å². The first kappa shape index (κ1) is 25.6. The SMILES string of the molecule is O=C1CCC(N2C(=O)c3cc(F)c(N4CC5CCC(C4)N5C(c4ccccc4)c4ccccc4)cc3C2=O)C(=O)N1. The fourth-order valence-corrected chi connectivity index (χ4v) is 7.08. The Morgan fingerprint density at radius 2 is 1.32 bits per heavy atom. The van der Waals surface area contributed by atoms with Gasteiger partial charge in [-0.25, -0.2) is 4.39 Å². The summed E-state index contributed by atoms with van der Waals surface area (Å²) in [4.78, 5) is 55.9. The van der Waals surface area contributed by atoms with Gasteiger partial charge in [0.25, 0.3) is 11.8 Å². The maximum atomic E-state index is 15.6. The van der Waals surface area contributed by atoms with Crippen LogP contribution in [0.4, 0.5) is 10.1 Å². The molecule has 208 valence electrons. The second-order valence-electron chi connectivity index (χ2n) is 11.3. The van der Waals surface area contributed by atoms with E-state index in [1.807, 2.05) is 17.0 Å². The molecule has 3 fully saturated rings. The Hall–Kier alpha value is -4.37. The Kier molecular flexibility index (Phi) is 6.19. The molecule has 4 heterocycles. The van der Waals surface area contributed by atoms with Gasteiger partial charge in [-0.15, -0.1) is 0 Å². The first-order valence-corrected chi connectivity index (χ1v) is 14.1. The molecule has 9 heteroatoms. The van der Waals surface area contributed by atoms with Crippen LogP contribution in [0.15, 0.2) is 72.8 Å². The van der Waals surface area contributed by atoms with Crippen LogP contribution >= 0.6 is 0 Å². The van der Waals surface area contributed by atoms with Gasteiger partial charge in [0.1, 0.15) is 11.9 Å². The second-order valence-corrected chi connectivity index (χ2v) is 11.3. The van der Waals surface area contributed by atoms with E-state index in [2.05, 4.69) is 58.7 Å². The third kappa shape index (κ3) is 4.23. The van der Waals surface area contributed by atoms with E-state index in [1.165, 1.54) is 17.2 Å². The third-order valence-corrected chi connectivity index (χ3v) is 8.92. The van der Waals surface area contributed by atoms with E-state index in [4.69, 9.17) is 0 Å². The highest BCUT2D eigenvalue weighted by molar-refractivity contribution is 6.23. The minimum Gasteiger partial charge on any atom is -0.366 e. The largest absolute Gasteiger partial charge is 0.366 e. The van der Waals surface area contributed by atoms with Crippen molar-refractivity contribution in [1.82, 2.24) is 15.1 Å². The summed E-state index contributed by atoms with van der Waals surface area (Å²) in [7, 11) is 0. The van der Waals surface area contributed by atoms with Gasteiger partial charge in [0.2, 0.25) is 11.8 Å². The Morgan fingerprint density at radius 3 is 1.88 bits per heavy atom. The molecular formula is C32H29FN4O4. The summed E-state index contributed by atoms with van der Waals surface area (Å²) in [5.41, 5.74) is 2.77. The lowest BCUT2D eigenvalue weighted by molar-refractivity contribution is -0.136. The van der Waals surface area contributed by atoms with E-state index in [-0.39, 0.29) is 42.1 Å². The van der Waals surface area contributed by atoms with Gasteiger partial charge in [0.15, 0.2) is 0 Å². The molecule has 4 amide bonds. The highest BCUT2D eigenvalue weighted by Gasteiger charge is 2.47. The maximum Gasteiger partial charge on any atom is 0.262 e. The van der Waals surface area contributed by atoms with E-state index in [1.54, 1.807) is 0 Å². The highest BCUT2D eigenvalue weighted by Crippen LogP contribution is 2.43. The Bertz CT molecular complexity index is 1510. The van der Waals surface area contributed by atoms with Gasteiger partial charge in [-0.3, -0.25) is 34.3 Å². The van der Waals surface area contributed by atoms with Gasteiger partial charge in [-0.2, -0.15) is 0 Å². The molecule has 3 aromatic rings. The lowest BCUT2D eigenvalue weighted by Crippen LogP contribution is -2.55. The van der Waals surface area contributed by atoms with Crippen LogP contribution in [0, 0.1) is 5.82 Å². The number of amides is 4. The van der Waals surface area contributed by atoms with E-state index in [9.17, 15) is 19.2 Å². The number of rotatable bonds is 5. The Morgan fingerprint density at radius 1 is 0.756 bits per heavy atom. The molecule has 0 spiro atoms. The molecule has 41 heavy (non-hydrogen) atoms. The number of piperidine rings is 1. The van der Waals surface area contributed by atoms with Crippen LogP contribution in [-0.2, 0) is 9.59 Å². The average Bonchev–Trinajstić information content (AvgIpc) is 3.36. The van der Waals surface area contributed by atoms with Crippen molar-refractivity contribution in [3.05, 3.63) is 101 Å². The normalized spacial score (nSPS) is 24.3. The van der Waals surface area contributed by atoms with Crippen molar-refractivity contribution in [1.29, 1.82) is 0 Å². The number of carbonyl (C=O) groups excluding carboxylic acids is 4. The molecular weight excluding hydrogens is 523 g/mol. The lowest BCUT2D eigenvalue weighted by atomic mass is 9.94. The fourth-order valence-electron chi connectivity index (χ4n) is 7.08. The van der Waals surface area contributed by atoms with Gasteiger partial charge in [0.05, 0.1) is 22.9 Å². The van der Waals surface area contributed by atoms with Crippen molar-refractivity contribution in [2.45, 2.75) is 49.9 Å². The van der Waals surface area contributed by atoms with Crippen LogP contribution in [0.2, 0.25) is 0 Å². The summed E-state index contributed by atoms with van der Waals surface area (Å²) >= 11 is 0. The molecule has 7 rings (SSSR count). The predicted octanol–water partition coefficient (Wildman–Crippen LogP) is 3.67. The number of imide groups is 2. The molecule has 3 saturated heterocycles. The van der Waals surface area contributed by atoms with Crippen molar-refractivity contribution < 1.29 is 23.6 Å². The molecule has 0 saturated carbocycles. The van der Waals surface area contributed by atoms with Gasteiger partial charge in [-0.1, -0.05) is 60.7 Å². The number of carbonyl (C=O) groups is 4. The first-order valence-electron chi connectivity index (χ1n) is 14.1. The number of hydrogen-bond donors (Lipinski definition) is 1. The summed E-state index contributed by atoms with van der Waals surface area (Å²) in [5, 5.41) is 2.19. The Balaban J connectivity index is 1.18. The van der Waals surface area contributed by atoms with E-state index >= 15 is 4.39 Å². The monoisotopic (exact) mass is 552 g/mol. The number of fused-ring (bicyclic) bond motifs is 3. The molecule has 2 bridgehead atoms. The van der Waals surface area contributed by atoms with Gasteiger partial charge < -0.3 is 4.90 Å². The fraction of sp³-hybridized carbons (Fsp3) is 0.312. The summed E-state index contributed by atoms with van der Waals surface area (Å²) in [6.07, 6.45) is 2.04. The molecule has 0 aliphatic carbocycles. The van der Waals surface area contributed by atoms with Crippen molar-refractivity contribution in [2.24, 2.45) is 0 Å². The first-order chi connectivity index (χ1) is 19.9. The molecule has 4 aliphatic rings. The smallest absolute Gasteiger partial charge is 0.262 e. The number of anilines is 1. The summed E-state index contributed by atoms with van der Waals surface area (Å²) in [5.74, 6) is -3.02. The van der Waals surface area contributed by atoms with Crippen LogP contribution < -0.4 is 10.2 Å². The zero-order chi connectivity index (χ0) is 28.2. The summed E-state index contributed by atoms with van der Waals surface area (Å²) < 4.78 is 15.6. The van der Waals surface area contributed by atoms with Gasteiger partial charge in [0, 0.05) is 31.6 Å². The van der Waals surface area contributed by atoms with Crippen molar-refractivity contribution >= 4 is 29.3 Å². The summed E-state index contributed by atoms with van der Waals surface area (Å²) in [6, 6.07) is 22.8. The maximum absolute atomic E-state index is 15.6. The zero-order valence-corrected chi connectivity index (χ0v) is 22.3. The zero-order valence-electron chi connectivity index (χ0n) is 22.3. The van der Waals surface area contributed by atoms with Crippen LogP contribution in [0.5, 0.6) is 0 Å². The predicted molar refractivity (Wildman–Crippen MR) is 149 cm³/mol. The van der Waals surface area contributed by atoms with Crippen molar-refractivity contribution in [2.75, 3.05) is 18.0 Å². The standard InChI is InChI=1S/C32H29FN4O4/c33-25-15-23-24(32(41)37(31(23)40)26-13-14-28(38)34-30(26)39)16-27(25)35-17-21-11-12-22(18-35)36(21)29(19-7-3-1-4-8-19)20-9-5-2-6-10-20/h1-10,15-16,21-22,26,29H,11-14,17-18H2,(H,34,38,39). The quantitative estimate of drug-likeness (QED) is 0.486. The van der Waals surface area contributed by atoms with Gasteiger partial charge >= 0.3 is 0 Å². The lowest BCUT2D eigenvalue weighted by Gasteiger charge is -2.46. The van der Waals surface area contributed by atoms with Crippen LogP contribution in [-0.4, -0.2) is 64.6 Å². The average molecular weight is 553 g/mol. The molecule has 0 aromatic heterocycles. The molecule has 1 N–H and O–H groups in total. The van der Waals surface area contributed by atoms with E-state index in [0.29, 0.717) is 18.8 Å². The van der Waals surface area contributed by atoms with Crippen LogP contribution in [0.25, 0.3) is 0 Å². The number of halogens is 1. The summed E-state index contributed by atoms with van der Waals surface area (Å²) in [6.45, 7) is 1.17. The Labute approximate surface area is 236 Å². The molecule has 4 aliphatic heterocycles. The number of piperazine rings is 1. The third-order valence-electron chi connectivity index (χ3n) is 8.92. The van der Waals surface area contributed by atoms with Gasteiger partial charge in [-0.05, 0) is 42.5 Å². The minimum absolute atomic E-state index is 0.0312. The van der Waals surface area contributed by atoms with E-state index in [0.717, 1.165) is 23.8 Å². The number of nitrogens with one attached hydrogen (secondary N) is 1. The van der Waals surface area contributed by atoms with E-state index < -0.39 is 35.5 Å². The molecule has 0 radical (unpaired) electrons. The molecule has 3 unspecified atom stereocenters. The van der Waals surface area contributed by atoms with Crippen molar-refractivity contribution in [3.63, 3.8) is 0 Å².